The SMILES string of the molecule is COc1ccc(-c2csc(N3C(=O)C[C@H]4CS(=O)(=O)C[C@@H]43)n2)cc1. The van der Waals surface area contributed by atoms with E-state index in [1.165, 1.54) is 11.3 Å². The number of hydrogen-bond donors (Lipinski definition) is 0. The number of fused-ring (bicyclic) bond motifs is 1. The smallest absolute Gasteiger partial charge is 0.229 e. The molecule has 0 radical (unpaired) electrons. The Bertz CT molecular complexity index is 889. The van der Waals surface area contributed by atoms with E-state index in [-0.39, 0.29) is 29.4 Å². The van der Waals surface area contributed by atoms with E-state index < -0.39 is 9.84 Å². The second-order valence-corrected chi connectivity index (χ2v) is 9.11. The minimum Gasteiger partial charge on any atom is -0.497 e. The van der Waals surface area contributed by atoms with Gasteiger partial charge in [-0.15, -0.1) is 11.3 Å². The summed E-state index contributed by atoms with van der Waals surface area (Å²) in [5, 5.41) is 2.47. The Morgan fingerprint density at radius 2 is 2.00 bits per heavy atom. The number of sulfone groups is 1. The van der Waals surface area contributed by atoms with Crippen molar-refractivity contribution < 1.29 is 17.9 Å². The first-order chi connectivity index (χ1) is 11.5. The Morgan fingerprint density at radius 1 is 1.25 bits per heavy atom. The molecule has 24 heavy (non-hydrogen) atoms. The van der Waals surface area contributed by atoms with E-state index in [4.69, 9.17) is 4.74 Å². The Kier molecular flexibility index (Phi) is 3.61. The zero-order chi connectivity index (χ0) is 16.9. The van der Waals surface area contributed by atoms with Crippen molar-refractivity contribution in [2.75, 3.05) is 23.5 Å². The predicted octanol–water partition coefficient (Wildman–Crippen LogP) is 1.97. The Morgan fingerprint density at radius 3 is 2.71 bits per heavy atom. The van der Waals surface area contributed by atoms with E-state index in [1.807, 2.05) is 29.6 Å². The van der Waals surface area contributed by atoms with Crippen LogP contribution in [-0.4, -0.2) is 44.0 Å². The molecule has 2 saturated heterocycles. The lowest BCUT2D eigenvalue weighted by Crippen LogP contribution is -2.36. The van der Waals surface area contributed by atoms with Gasteiger partial charge in [-0.3, -0.25) is 9.69 Å². The molecule has 2 aliphatic rings. The number of ether oxygens (including phenoxy) is 1. The van der Waals surface area contributed by atoms with Crippen molar-refractivity contribution in [1.82, 2.24) is 4.98 Å². The molecule has 2 aliphatic heterocycles. The maximum Gasteiger partial charge on any atom is 0.229 e. The largest absolute Gasteiger partial charge is 0.497 e. The van der Waals surface area contributed by atoms with Gasteiger partial charge in [-0.2, -0.15) is 0 Å². The number of rotatable bonds is 3. The fraction of sp³-hybridized carbons (Fsp3) is 0.375. The topological polar surface area (TPSA) is 76.6 Å². The third-order valence-corrected chi connectivity index (χ3v) is 7.18. The van der Waals surface area contributed by atoms with Crippen molar-refractivity contribution in [3.8, 4) is 17.0 Å². The Balaban J connectivity index is 1.63. The van der Waals surface area contributed by atoms with Crippen LogP contribution in [0.25, 0.3) is 11.3 Å². The molecular weight excluding hydrogens is 348 g/mol. The lowest BCUT2D eigenvalue weighted by atomic mass is 10.1. The monoisotopic (exact) mass is 364 g/mol. The molecule has 0 N–H and O–H groups in total. The van der Waals surface area contributed by atoms with Gasteiger partial charge in [0.05, 0.1) is 30.4 Å². The van der Waals surface area contributed by atoms with Crippen LogP contribution >= 0.6 is 11.3 Å². The minimum absolute atomic E-state index is 0.0319. The molecule has 3 heterocycles. The summed E-state index contributed by atoms with van der Waals surface area (Å²) in [7, 11) is -1.44. The normalized spacial score (nSPS) is 25.0. The predicted molar refractivity (Wildman–Crippen MR) is 92.1 cm³/mol. The first-order valence-electron chi connectivity index (χ1n) is 7.59. The van der Waals surface area contributed by atoms with E-state index in [0.29, 0.717) is 11.6 Å². The summed E-state index contributed by atoms with van der Waals surface area (Å²) in [6, 6.07) is 7.26. The molecule has 1 aromatic carbocycles. The first-order valence-corrected chi connectivity index (χ1v) is 10.3. The summed E-state index contributed by atoms with van der Waals surface area (Å²) in [4.78, 5) is 18.5. The third kappa shape index (κ3) is 2.59. The molecule has 1 aromatic heterocycles. The molecule has 6 nitrogen and oxygen atoms in total. The van der Waals surface area contributed by atoms with Crippen LogP contribution in [0.4, 0.5) is 5.13 Å². The second-order valence-electron chi connectivity index (χ2n) is 6.12. The van der Waals surface area contributed by atoms with Crippen molar-refractivity contribution in [1.29, 1.82) is 0 Å². The molecule has 2 atom stereocenters. The number of carbonyl (C=O) groups excluding carboxylic acids is 1. The number of carbonyl (C=O) groups is 1. The quantitative estimate of drug-likeness (QED) is 0.832. The van der Waals surface area contributed by atoms with Gasteiger partial charge in [0.25, 0.3) is 0 Å². The van der Waals surface area contributed by atoms with Crippen LogP contribution in [-0.2, 0) is 14.6 Å². The van der Waals surface area contributed by atoms with Gasteiger partial charge in [-0.1, -0.05) is 0 Å². The van der Waals surface area contributed by atoms with Gasteiger partial charge in [0.2, 0.25) is 5.91 Å². The number of thiazole rings is 1. The molecule has 0 saturated carbocycles. The molecule has 126 valence electrons. The highest BCUT2D eigenvalue weighted by Crippen LogP contribution is 2.39. The molecule has 0 bridgehead atoms. The zero-order valence-electron chi connectivity index (χ0n) is 13.0. The molecular formula is C16H16N2O4S2. The van der Waals surface area contributed by atoms with Crippen LogP contribution in [0.15, 0.2) is 29.6 Å². The highest BCUT2D eigenvalue weighted by atomic mass is 32.2. The summed E-state index contributed by atoms with van der Waals surface area (Å²) in [5.41, 5.74) is 1.70. The molecule has 2 aromatic rings. The molecule has 8 heteroatoms. The maximum absolute atomic E-state index is 12.3. The number of aromatic nitrogens is 1. The standard InChI is InChI=1S/C16H16N2O4S2/c1-22-12-4-2-10(3-5-12)13-7-23-16(17-13)18-14-9-24(20,21)8-11(14)6-15(18)19/h2-5,7,11,14H,6,8-9H2,1H3/t11-,14-/m0/s1. The highest BCUT2D eigenvalue weighted by Gasteiger charge is 2.50. The summed E-state index contributed by atoms with van der Waals surface area (Å²) in [5.74, 6) is 0.784. The van der Waals surface area contributed by atoms with Crippen LogP contribution in [0.5, 0.6) is 5.75 Å². The lowest BCUT2D eigenvalue weighted by molar-refractivity contribution is -0.117. The van der Waals surface area contributed by atoms with Crippen molar-refractivity contribution >= 4 is 32.2 Å². The van der Waals surface area contributed by atoms with Gasteiger partial charge in [-0.05, 0) is 24.3 Å². The minimum atomic E-state index is -3.05. The van der Waals surface area contributed by atoms with Crippen LogP contribution in [0, 0.1) is 5.92 Å². The van der Waals surface area contributed by atoms with Crippen LogP contribution in [0.2, 0.25) is 0 Å². The van der Waals surface area contributed by atoms with E-state index in [0.717, 1.165) is 17.0 Å². The van der Waals surface area contributed by atoms with Gasteiger partial charge >= 0.3 is 0 Å². The summed E-state index contributed by atoms with van der Waals surface area (Å²) >= 11 is 1.37. The number of benzene rings is 1. The second kappa shape index (κ2) is 5.56. The zero-order valence-corrected chi connectivity index (χ0v) is 14.6. The van der Waals surface area contributed by atoms with E-state index in [1.54, 1.807) is 12.0 Å². The van der Waals surface area contributed by atoms with Crippen LogP contribution < -0.4 is 9.64 Å². The maximum atomic E-state index is 12.3. The van der Waals surface area contributed by atoms with Crippen LogP contribution in [0.3, 0.4) is 0 Å². The van der Waals surface area contributed by atoms with Crippen molar-refractivity contribution in [3.05, 3.63) is 29.6 Å². The van der Waals surface area contributed by atoms with Crippen molar-refractivity contribution in [2.45, 2.75) is 12.5 Å². The Labute approximate surface area is 144 Å². The van der Waals surface area contributed by atoms with Gasteiger partial charge in [0.1, 0.15) is 5.75 Å². The fourth-order valence-electron chi connectivity index (χ4n) is 3.41. The molecule has 0 unspecified atom stereocenters. The number of nitrogens with zero attached hydrogens (tertiary/aromatic N) is 2. The van der Waals surface area contributed by atoms with Gasteiger partial charge in [0, 0.05) is 23.3 Å². The number of hydrogen-bond acceptors (Lipinski definition) is 6. The van der Waals surface area contributed by atoms with Crippen molar-refractivity contribution in [3.63, 3.8) is 0 Å². The Hall–Kier alpha value is -1.93. The average Bonchev–Trinajstić information content (AvgIpc) is 3.19. The fourth-order valence-corrected chi connectivity index (χ4v) is 6.38. The lowest BCUT2D eigenvalue weighted by Gasteiger charge is -2.19. The molecule has 4 rings (SSSR count). The van der Waals surface area contributed by atoms with Crippen LogP contribution in [0.1, 0.15) is 6.42 Å². The average molecular weight is 364 g/mol. The van der Waals surface area contributed by atoms with Gasteiger partial charge in [0.15, 0.2) is 15.0 Å². The van der Waals surface area contributed by atoms with Crippen molar-refractivity contribution in [2.24, 2.45) is 5.92 Å². The molecule has 0 spiro atoms. The summed E-state index contributed by atoms with van der Waals surface area (Å²) in [6.07, 6.45) is 0.293. The van der Waals surface area contributed by atoms with Gasteiger partial charge in [-0.25, -0.2) is 13.4 Å². The first kappa shape index (κ1) is 15.6. The molecule has 1 amide bonds. The van der Waals surface area contributed by atoms with E-state index in [9.17, 15) is 13.2 Å². The van der Waals surface area contributed by atoms with Gasteiger partial charge < -0.3 is 4.74 Å². The molecule has 2 fully saturated rings. The third-order valence-electron chi connectivity index (χ3n) is 4.56. The highest BCUT2D eigenvalue weighted by molar-refractivity contribution is 7.91. The van der Waals surface area contributed by atoms with E-state index >= 15 is 0 Å². The number of methoxy groups -OCH3 is 1. The number of amides is 1. The summed E-state index contributed by atoms with van der Waals surface area (Å²) in [6.45, 7) is 0. The van der Waals surface area contributed by atoms with E-state index in [2.05, 4.69) is 4.98 Å². The molecule has 0 aliphatic carbocycles. The summed E-state index contributed by atoms with van der Waals surface area (Å²) < 4.78 is 28.8. The number of anilines is 1.